The summed E-state index contributed by atoms with van der Waals surface area (Å²) in [7, 11) is 0. The highest BCUT2D eigenvalue weighted by atomic mass is 16.6. The molecule has 19 heavy (non-hydrogen) atoms. The molecule has 1 aliphatic heterocycles. The number of rotatable bonds is 4. The van der Waals surface area contributed by atoms with Crippen LogP contribution in [0, 0.1) is 0 Å². The van der Waals surface area contributed by atoms with Crippen LogP contribution < -0.4 is 0 Å². The van der Waals surface area contributed by atoms with Crippen molar-refractivity contribution in [2.45, 2.75) is 37.3 Å². The van der Waals surface area contributed by atoms with Crippen molar-refractivity contribution in [3.63, 3.8) is 0 Å². The van der Waals surface area contributed by atoms with E-state index in [0.717, 1.165) is 5.56 Å². The molecule has 1 heterocycles. The molecule has 0 amide bonds. The lowest BCUT2D eigenvalue weighted by molar-refractivity contribution is -0.296. The Bertz CT molecular complexity index is 384. The van der Waals surface area contributed by atoms with Crippen molar-refractivity contribution in [2.75, 3.05) is 6.61 Å². The average molecular weight is 270 g/mol. The maximum Gasteiger partial charge on any atom is 0.184 e. The van der Waals surface area contributed by atoms with Gasteiger partial charge in [0.05, 0.1) is 13.2 Å². The lowest BCUT2D eigenvalue weighted by Crippen LogP contribution is -2.59. The van der Waals surface area contributed by atoms with Gasteiger partial charge >= 0.3 is 0 Å². The molecule has 4 N–H and O–H groups in total. The van der Waals surface area contributed by atoms with Crippen molar-refractivity contribution >= 4 is 0 Å². The first kappa shape index (κ1) is 14.4. The normalized spacial score (nSPS) is 35.3. The fraction of sp³-hybridized carbons (Fsp3) is 0.538. The molecule has 0 bridgehead atoms. The minimum atomic E-state index is -1.48. The van der Waals surface area contributed by atoms with Crippen LogP contribution in [0.3, 0.4) is 0 Å². The minimum absolute atomic E-state index is 0.185. The van der Waals surface area contributed by atoms with Crippen LogP contribution in [-0.2, 0) is 16.1 Å². The van der Waals surface area contributed by atoms with Gasteiger partial charge in [-0.05, 0) is 5.56 Å². The number of benzene rings is 1. The van der Waals surface area contributed by atoms with Crippen LogP contribution in [0.2, 0.25) is 0 Å². The Balaban J connectivity index is 2.00. The summed E-state index contributed by atoms with van der Waals surface area (Å²) in [6.45, 7) is -0.277. The SMILES string of the molecule is OC[C@H]1O[C@H](O)[C@@H](O)[C@@H](OCc2ccccc2)[C@@H]1O. The molecule has 2 rings (SSSR count). The maximum atomic E-state index is 9.91. The first-order valence-corrected chi connectivity index (χ1v) is 6.09. The molecule has 6 heteroatoms. The molecule has 0 saturated carbocycles. The summed E-state index contributed by atoms with van der Waals surface area (Å²) >= 11 is 0. The number of hydrogen-bond acceptors (Lipinski definition) is 6. The topological polar surface area (TPSA) is 99.4 Å². The van der Waals surface area contributed by atoms with E-state index in [-0.39, 0.29) is 6.61 Å². The summed E-state index contributed by atoms with van der Waals surface area (Å²) in [6, 6.07) is 9.26. The fourth-order valence-corrected chi connectivity index (χ4v) is 2.03. The lowest BCUT2D eigenvalue weighted by atomic mass is 9.99. The highest BCUT2D eigenvalue weighted by molar-refractivity contribution is 5.13. The third-order valence-electron chi connectivity index (χ3n) is 3.13. The third kappa shape index (κ3) is 3.30. The zero-order valence-electron chi connectivity index (χ0n) is 10.3. The van der Waals surface area contributed by atoms with E-state index in [1.54, 1.807) is 0 Å². The molecule has 0 aromatic heterocycles. The van der Waals surface area contributed by atoms with Gasteiger partial charge in [0, 0.05) is 0 Å². The minimum Gasteiger partial charge on any atom is -0.394 e. The summed E-state index contributed by atoms with van der Waals surface area (Å²) in [6.07, 6.45) is -6.03. The van der Waals surface area contributed by atoms with Crippen molar-refractivity contribution < 1.29 is 29.9 Å². The summed E-state index contributed by atoms with van der Waals surface area (Å²) < 4.78 is 10.3. The van der Waals surface area contributed by atoms with Crippen LogP contribution in [0.15, 0.2) is 30.3 Å². The van der Waals surface area contributed by atoms with Crippen molar-refractivity contribution in [3.05, 3.63) is 35.9 Å². The fourth-order valence-electron chi connectivity index (χ4n) is 2.03. The molecule has 1 aromatic carbocycles. The maximum absolute atomic E-state index is 9.91. The second-order valence-corrected chi connectivity index (χ2v) is 4.49. The van der Waals surface area contributed by atoms with Gasteiger partial charge in [-0.2, -0.15) is 0 Å². The molecule has 0 unspecified atom stereocenters. The molecular formula is C13H18O6. The first-order valence-electron chi connectivity index (χ1n) is 6.09. The Morgan fingerprint density at radius 3 is 2.37 bits per heavy atom. The average Bonchev–Trinajstić information content (AvgIpc) is 2.44. The van der Waals surface area contributed by atoms with Crippen molar-refractivity contribution in [2.24, 2.45) is 0 Å². The van der Waals surface area contributed by atoms with Crippen molar-refractivity contribution in [3.8, 4) is 0 Å². The van der Waals surface area contributed by atoms with Gasteiger partial charge in [0.25, 0.3) is 0 Å². The van der Waals surface area contributed by atoms with Gasteiger partial charge in [-0.3, -0.25) is 0 Å². The van der Waals surface area contributed by atoms with Gasteiger partial charge in [-0.25, -0.2) is 0 Å². The number of ether oxygens (including phenoxy) is 2. The molecule has 0 aliphatic carbocycles. The van der Waals surface area contributed by atoms with Gasteiger partial charge in [0.1, 0.15) is 24.4 Å². The Morgan fingerprint density at radius 1 is 1.05 bits per heavy atom. The van der Waals surface area contributed by atoms with Crippen LogP contribution in [0.5, 0.6) is 0 Å². The van der Waals surface area contributed by atoms with Gasteiger partial charge < -0.3 is 29.9 Å². The molecule has 1 saturated heterocycles. The predicted octanol–water partition coefficient (Wildman–Crippen LogP) is -0.997. The van der Waals surface area contributed by atoms with E-state index in [9.17, 15) is 15.3 Å². The van der Waals surface area contributed by atoms with Crippen LogP contribution in [-0.4, -0.2) is 57.7 Å². The Morgan fingerprint density at radius 2 is 1.74 bits per heavy atom. The second kappa shape index (κ2) is 6.42. The third-order valence-corrected chi connectivity index (χ3v) is 3.13. The number of aliphatic hydroxyl groups is 4. The Kier molecular flexibility index (Phi) is 4.87. The van der Waals surface area contributed by atoms with Crippen LogP contribution in [0.25, 0.3) is 0 Å². The highest BCUT2D eigenvalue weighted by Crippen LogP contribution is 2.23. The molecule has 1 fully saturated rings. The van der Waals surface area contributed by atoms with E-state index in [2.05, 4.69) is 0 Å². The van der Waals surface area contributed by atoms with E-state index in [1.807, 2.05) is 30.3 Å². The number of aliphatic hydroxyl groups excluding tert-OH is 4. The molecule has 1 aliphatic rings. The zero-order valence-corrected chi connectivity index (χ0v) is 10.3. The van der Waals surface area contributed by atoms with Gasteiger partial charge in [-0.15, -0.1) is 0 Å². The molecular weight excluding hydrogens is 252 g/mol. The summed E-state index contributed by atoms with van der Waals surface area (Å²) in [5.41, 5.74) is 0.878. The van der Waals surface area contributed by atoms with Gasteiger partial charge in [0.15, 0.2) is 6.29 Å². The van der Waals surface area contributed by atoms with Crippen LogP contribution >= 0.6 is 0 Å². The Hall–Kier alpha value is -1.02. The van der Waals surface area contributed by atoms with Crippen molar-refractivity contribution in [1.29, 1.82) is 0 Å². The van der Waals surface area contributed by atoms with E-state index in [4.69, 9.17) is 14.6 Å². The van der Waals surface area contributed by atoms with E-state index in [1.165, 1.54) is 0 Å². The largest absolute Gasteiger partial charge is 0.394 e. The summed E-state index contributed by atoms with van der Waals surface area (Å²) in [5, 5.41) is 38.2. The quantitative estimate of drug-likeness (QED) is 0.560. The van der Waals surface area contributed by atoms with Crippen LogP contribution in [0.1, 0.15) is 5.56 Å². The van der Waals surface area contributed by atoms with Gasteiger partial charge in [-0.1, -0.05) is 30.3 Å². The van der Waals surface area contributed by atoms with E-state index in [0.29, 0.717) is 0 Å². The second-order valence-electron chi connectivity index (χ2n) is 4.49. The number of hydrogen-bond donors (Lipinski definition) is 4. The Labute approximate surface area is 110 Å². The molecule has 0 spiro atoms. The predicted molar refractivity (Wildman–Crippen MR) is 65.0 cm³/mol. The summed E-state index contributed by atoms with van der Waals surface area (Å²) in [5.74, 6) is 0. The zero-order chi connectivity index (χ0) is 13.8. The smallest absolute Gasteiger partial charge is 0.184 e. The van der Waals surface area contributed by atoms with Gasteiger partial charge in [0.2, 0.25) is 0 Å². The lowest BCUT2D eigenvalue weighted by Gasteiger charge is -2.39. The molecule has 0 radical (unpaired) electrons. The molecule has 6 nitrogen and oxygen atoms in total. The van der Waals surface area contributed by atoms with E-state index >= 15 is 0 Å². The summed E-state index contributed by atoms with van der Waals surface area (Å²) in [4.78, 5) is 0. The molecule has 5 atom stereocenters. The molecule has 1 aromatic rings. The first-order chi connectivity index (χ1) is 9.13. The highest BCUT2D eigenvalue weighted by Gasteiger charge is 2.44. The van der Waals surface area contributed by atoms with E-state index < -0.39 is 37.3 Å². The van der Waals surface area contributed by atoms with Crippen LogP contribution in [0.4, 0.5) is 0 Å². The van der Waals surface area contributed by atoms with Crippen molar-refractivity contribution in [1.82, 2.24) is 0 Å². The standard InChI is InChI=1S/C13H18O6/c14-6-9-10(15)12(11(16)13(17)19-9)18-7-8-4-2-1-3-5-8/h1-5,9-17H,6-7H2/t9-,10-,11+,12+,13+/m1/s1. The molecule has 106 valence electrons. The monoisotopic (exact) mass is 270 g/mol.